The molecule has 0 bridgehead atoms. The van der Waals surface area contributed by atoms with Crippen LogP contribution < -0.4 is 5.46 Å². The van der Waals surface area contributed by atoms with Gasteiger partial charge < -0.3 is 19.2 Å². The van der Waals surface area contributed by atoms with Gasteiger partial charge in [-0.3, -0.25) is 0 Å². The van der Waals surface area contributed by atoms with E-state index >= 15 is 0 Å². The molecule has 4 nitrogen and oxygen atoms in total. The molecule has 0 aliphatic carbocycles. The Bertz CT molecular complexity index is 507. The zero-order chi connectivity index (χ0) is 14.5. The molecular weight excluding hydrogens is 255 g/mol. The van der Waals surface area contributed by atoms with Crippen molar-refractivity contribution in [3.8, 4) is 5.75 Å². The van der Waals surface area contributed by atoms with Gasteiger partial charge >= 0.3 is 7.12 Å². The van der Waals surface area contributed by atoms with Crippen LogP contribution in [0, 0.1) is 0 Å². The van der Waals surface area contributed by atoms with E-state index in [0.717, 1.165) is 11.0 Å². The number of rotatable bonds is 2. The summed E-state index contributed by atoms with van der Waals surface area (Å²) in [5.74, 6) is 0.524. The van der Waals surface area contributed by atoms with Crippen molar-refractivity contribution in [2.24, 2.45) is 0 Å². The summed E-state index contributed by atoms with van der Waals surface area (Å²) in [5.41, 5.74) is 1.06. The zero-order valence-corrected chi connectivity index (χ0v) is 12.5. The highest BCUT2D eigenvalue weighted by Gasteiger charge is 2.52. The van der Waals surface area contributed by atoms with E-state index in [4.69, 9.17) is 14.0 Å². The molecule has 1 aromatic rings. The van der Waals surface area contributed by atoms with Gasteiger partial charge in [0, 0.05) is 11.5 Å². The van der Waals surface area contributed by atoms with Gasteiger partial charge in [-0.2, -0.15) is 0 Å². The van der Waals surface area contributed by atoms with Crippen molar-refractivity contribution in [3.05, 3.63) is 23.8 Å². The van der Waals surface area contributed by atoms with Gasteiger partial charge in [-0.25, -0.2) is 0 Å². The van der Waals surface area contributed by atoms with Gasteiger partial charge in [-0.1, -0.05) is 12.1 Å². The molecule has 1 aromatic carbocycles. The van der Waals surface area contributed by atoms with Crippen molar-refractivity contribution in [1.29, 1.82) is 0 Å². The fourth-order valence-corrected chi connectivity index (χ4v) is 2.59. The summed E-state index contributed by atoms with van der Waals surface area (Å²) in [6.07, 6.45) is 0. The number of aromatic hydroxyl groups is 1. The Hall–Kier alpha value is -1.04. The van der Waals surface area contributed by atoms with Gasteiger partial charge in [0.25, 0.3) is 0 Å². The Morgan fingerprint density at radius 2 is 1.70 bits per heavy atom. The summed E-state index contributed by atoms with van der Waals surface area (Å²) in [4.78, 5) is 0. The number of phenolic OH excluding ortho intramolecular Hbond substituents is 1. The number of phenols is 1. The molecule has 20 heavy (non-hydrogen) atoms. The molecule has 108 valence electrons. The Labute approximate surface area is 120 Å². The first kappa shape index (κ1) is 13.9. The van der Waals surface area contributed by atoms with E-state index in [-0.39, 0.29) is 17.1 Å². The quantitative estimate of drug-likeness (QED) is 0.837. The van der Waals surface area contributed by atoms with Gasteiger partial charge in [0.2, 0.25) is 0 Å². The number of ether oxygens (including phenoxy) is 1. The molecule has 3 rings (SSSR count). The van der Waals surface area contributed by atoms with Crippen LogP contribution in [-0.4, -0.2) is 36.6 Å². The largest absolute Gasteiger partial charge is 0.508 e. The molecule has 2 fully saturated rings. The minimum absolute atomic E-state index is 0.227. The van der Waals surface area contributed by atoms with Crippen LogP contribution in [-0.2, 0) is 14.0 Å². The molecule has 2 aliphatic heterocycles. The average Bonchev–Trinajstić information content (AvgIpc) is 2.48. The third kappa shape index (κ3) is 2.05. The highest BCUT2D eigenvalue weighted by Crippen LogP contribution is 2.38. The van der Waals surface area contributed by atoms with Crippen molar-refractivity contribution in [2.75, 3.05) is 13.2 Å². The fourth-order valence-electron chi connectivity index (χ4n) is 2.59. The number of benzene rings is 1. The Balaban J connectivity index is 1.97. The summed E-state index contributed by atoms with van der Waals surface area (Å²) in [6, 6.07) is 5.51. The molecular formula is C15H21BO4. The maximum absolute atomic E-state index is 10.2. The van der Waals surface area contributed by atoms with Crippen molar-refractivity contribution in [1.82, 2.24) is 0 Å². The van der Waals surface area contributed by atoms with E-state index in [1.54, 1.807) is 6.07 Å². The third-order valence-corrected chi connectivity index (χ3v) is 4.67. The van der Waals surface area contributed by atoms with E-state index in [9.17, 15) is 5.11 Å². The number of hydrogen-bond acceptors (Lipinski definition) is 4. The minimum atomic E-state index is -0.442. The van der Waals surface area contributed by atoms with Crippen LogP contribution in [0.2, 0.25) is 0 Å². The predicted octanol–water partition coefficient (Wildman–Crippen LogP) is 1.81. The van der Waals surface area contributed by atoms with Crippen molar-refractivity contribution in [2.45, 2.75) is 44.8 Å². The van der Waals surface area contributed by atoms with E-state index in [1.165, 1.54) is 0 Å². The molecule has 0 aromatic heterocycles. The summed E-state index contributed by atoms with van der Waals surface area (Å²) in [7, 11) is -0.442. The highest BCUT2D eigenvalue weighted by molar-refractivity contribution is 6.62. The van der Waals surface area contributed by atoms with Gasteiger partial charge in [0.1, 0.15) is 5.75 Å². The topological polar surface area (TPSA) is 47.9 Å². The lowest BCUT2D eigenvalue weighted by Gasteiger charge is -2.32. The summed E-state index contributed by atoms with van der Waals surface area (Å²) in [5, 5.41) is 10.2. The maximum Gasteiger partial charge on any atom is 0.495 e. The highest BCUT2D eigenvalue weighted by atomic mass is 16.7. The average molecular weight is 276 g/mol. The molecule has 2 saturated heterocycles. The van der Waals surface area contributed by atoms with Crippen LogP contribution in [0.3, 0.4) is 0 Å². The van der Waals surface area contributed by atoms with Gasteiger partial charge in [0.05, 0.1) is 24.4 Å². The smallest absolute Gasteiger partial charge is 0.495 e. The standard InChI is InChI=1S/C15H21BO4/c1-14(2)15(3,4)20-16(19-14)11-6-5-7-12(17)13(11)10-8-18-9-10/h5-7,10,17H,8-9H2,1-4H3. The minimum Gasteiger partial charge on any atom is -0.508 e. The van der Waals surface area contributed by atoms with Crippen molar-refractivity contribution >= 4 is 12.6 Å². The van der Waals surface area contributed by atoms with E-state index in [0.29, 0.717) is 19.0 Å². The van der Waals surface area contributed by atoms with Gasteiger partial charge in [-0.15, -0.1) is 0 Å². The van der Waals surface area contributed by atoms with Crippen LogP contribution in [0.25, 0.3) is 0 Å². The first-order valence-electron chi connectivity index (χ1n) is 7.07. The molecule has 0 saturated carbocycles. The Morgan fingerprint density at radius 1 is 1.10 bits per heavy atom. The lowest BCUT2D eigenvalue weighted by molar-refractivity contribution is 0.00578. The summed E-state index contributed by atoms with van der Waals surface area (Å²) in [6.45, 7) is 9.40. The molecule has 0 atom stereocenters. The summed E-state index contributed by atoms with van der Waals surface area (Å²) >= 11 is 0. The lowest BCUT2D eigenvalue weighted by Crippen LogP contribution is -2.41. The van der Waals surface area contributed by atoms with Crippen LogP contribution in [0.1, 0.15) is 39.2 Å². The second-order valence-electron chi connectivity index (χ2n) is 6.60. The van der Waals surface area contributed by atoms with Crippen molar-refractivity contribution in [3.63, 3.8) is 0 Å². The third-order valence-electron chi connectivity index (χ3n) is 4.67. The molecule has 0 amide bonds. The van der Waals surface area contributed by atoms with E-state index in [2.05, 4.69) is 0 Å². The second-order valence-corrected chi connectivity index (χ2v) is 6.60. The Kier molecular flexibility index (Phi) is 3.12. The van der Waals surface area contributed by atoms with Crippen LogP contribution in [0.15, 0.2) is 18.2 Å². The first-order valence-corrected chi connectivity index (χ1v) is 7.07. The molecule has 0 radical (unpaired) electrons. The molecule has 2 heterocycles. The lowest BCUT2D eigenvalue weighted by atomic mass is 9.72. The predicted molar refractivity (Wildman–Crippen MR) is 77.4 cm³/mol. The zero-order valence-electron chi connectivity index (χ0n) is 12.5. The Morgan fingerprint density at radius 3 is 2.20 bits per heavy atom. The van der Waals surface area contributed by atoms with Crippen LogP contribution in [0.4, 0.5) is 0 Å². The second kappa shape index (κ2) is 4.48. The van der Waals surface area contributed by atoms with E-state index in [1.807, 2.05) is 39.8 Å². The molecule has 0 spiro atoms. The van der Waals surface area contributed by atoms with Crippen molar-refractivity contribution < 1.29 is 19.2 Å². The maximum atomic E-state index is 10.2. The molecule has 2 aliphatic rings. The van der Waals surface area contributed by atoms with Crippen LogP contribution in [0.5, 0.6) is 5.75 Å². The first-order chi connectivity index (χ1) is 9.32. The normalized spacial score (nSPS) is 24.7. The van der Waals surface area contributed by atoms with E-state index < -0.39 is 7.12 Å². The van der Waals surface area contributed by atoms with Gasteiger partial charge in [-0.05, 0) is 39.2 Å². The monoisotopic (exact) mass is 276 g/mol. The van der Waals surface area contributed by atoms with Crippen LogP contribution >= 0.6 is 0 Å². The fraction of sp³-hybridized carbons (Fsp3) is 0.600. The summed E-state index contributed by atoms with van der Waals surface area (Å²) < 4.78 is 17.4. The SMILES string of the molecule is CC1(C)OB(c2cccc(O)c2C2COC2)OC1(C)C. The number of hydrogen-bond donors (Lipinski definition) is 1. The molecule has 5 heteroatoms. The van der Waals surface area contributed by atoms with Gasteiger partial charge in [0.15, 0.2) is 0 Å². The molecule has 0 unspecified atom stereocenters. The molecule has 1 N–H and O–H groups in total.